The third-order valence-electron chi connectivity index (χ3n) is 5.23. The van der Waals surface area contributed by atoms with Gasteiger partial charge in [-0.25, -0.2) is 0 Å². The van der Waals surface area contributed by atoms with E-state index in [1.807, 2.05) is 0 Å². The summed E-state index contributed by atoms with van der Waals surface area (Å²) in [6, 6.07) is 5.40. The van der Waals surface area contributed by atoms with Crippen LogP contribution in [-0.2, 0) is 9.59 Å². The van der Waals surface area contributed by atoms with E-state index in [1.165, 1.54) is 12.8 Å². The van der Waals surface area contributed by atoms with E-state index in [0.29, 0.717) is 28.3 Å². The van der Waals surface area contributed by atoms with Gasteiger partial charge < -0.3 is 10.6 Å². The molecular weight excluding hydrogens is 373 g/mol. The van der Waals surface area contributed by atoms with Crippen molar-refractivity contribution >= 4 is 40.7 Å². The predicted octanol–water partition coefficient (Wildman–Crippen LogP) is 3.70. The first-order valence-corrected chi connectivity index (χ1v) is 10.0. The van der Waals surface area contributed by atoms with Crippen LogP contribution < -0.4 is 10.6 Å². The summed E-state index contributed by atoms with van der Waals surface area (Å²) in [4.78, 5) is 26.7. The van der Waals surface area contributed by atoms with Crippen LogP contribution in [0.1, 0.15) is 38.5 Å². The lowest BCUT2D eigenvalue weighted by Crippen LogP contribution is -2.44. The van der Waals surface area contributed by atoms with Gasteiger partial charge in [-0.15, -0.1) is 0 Å². The van der Waals surface area contributed by atoms with Gasteiger partial charge in [0.05, 0.1) is 16.6 Å². The molecule has 5 nitrogen and oxygen atoms in total. The molecule has 0 unspecified atom stereocenters. The lowest BCUT2D eigenvalue weighted by molar-refractivity contribution is -0.127. The van der Waals surface area contributed by atoms with Crippen molar-refractivity contribution in [3.05, 3.63) is 28.2 Å². The normalized spacial score (nSPS) is 19.5. The van der Waals surface area contributed by atoms with Crippen molar-refractivity contribution in [2.45, 2.75) is 44.6 Å². The average Bonchev–Trinajstić information content (AvgIpc) is 3.11. The van der Waals surface area contributed by atoms with Crippen molar-refractivity contribution in [1.82, 2.24) is 10.2 Å². The Hall–Kier alpha value is -1.30. The number of carbonyl (C=O) groups excluding carboxylic acids is 2. The molecule has 1 heterocycles. The molecule has 2 N–H and O–H groups in total. The van der Waals surface area contributed by atoms with E-state index < -0.39 is 0 Å². The van der Waals surface area contributed by atoms with Crippen LogP contribution in [0.2, 0.25) is 10.0 Å². The Kier molecular flexibility index (Phi) is 6.79. The van der Waals surface area contributed by atoms with Gasteiger partial charge in [0, 0.05) is 17.6 Å². The van der Waals surface area contributed by atoms with Gasteiger partial charge in [-0.3, -0.25) is 14.5 Å². The van der Waals surface area contributed by atoms with E-state index in [1.54, 1.807) is 18.2 Å². The van der Waals surface area contributed by atoms with Crippen molar-refractivity contribution in [3.63, 3.8) is 0 Å². The van der Waals surface area contributed by atoms with Gasteiger partial charge in [-0.2, -0.15) is 0 Å². The number of nitrogens with one attached hydrogen (secondary N) is 2. The largest absolute Gasteiger partial charge is 0.353 e. The van der Waals surface area contributed by atoms with Crippen LogP contribution in [0.4, 0.5) is 5.69 Å². The number of likely N-dealkylation sites (tertiary alicyclic amines) is 1. The first-order chi connectivity index (χ1) is 12.5. The molecule has 0 bridgehead atoms. The minimum Gasteiger partial charge on any atom is -0.353 e. The van der Waals surface area contributed by atoms with Crippen LogP contribution >= 0.6 is 23.2 Å². The summed E-state index contributed by atoms with van der Waals surface area (Å²) in [6.07, 6.45) is 6.27. The van der Waals surface area contributed by atoms with Crippen molar-refractivity contribution in [2.75, 3.05) is 25.0 Å². The lowest BCUT2D eigenvalue weighted by Gasteiger charge is -2.31. The smallest absolute Gasteiger partial charge is 0.238 e. The Bertz CT molecular complexity index is 654. The summed E-state index contributed by atoms with van der Waals surface area (Å²) >= 11 is 11.8. The molecule has 1 aliphatic carbocycles. The zero-order valence-electron chi connectivity index (χ0n) is 14.8. The predicted molar refractivity (Wildman–Crippen MR) is 105 cm³/mol. The second kappa shape index (κ2) is 9.07. The van der Waals surface area contributed by atoms with Gasteiger partial charge in [0.2, 0.25) is 11.8 Å². The minimum absolute atomic E-state index is 0.0741. The first-order valence-electron chi connectivity index (χ1n) is 9.29. The highest BCUT2D eigenvalue weighted by Crippen LogP contribution is 2.25. The van der Waals surface area contributed by atoms with Crippen molar-refractivity contribution in [3.8, 4) is 0 Å². The Morgan fingerprint density at radius 2 is 1.73 bits per heavy atom. The average molecular weight is 398 g/mol. The number of anilines is 1. The molecule has 2 aliphatic rings. The summed E-state index contributed by atoms with van der Waals surface area (Å²) in [5.41, 5.74) is 0.634. The number of hydrogen-bond donors (Lipinski definition) is 2. The molecule has 0 radical (unpaired) electrons. The highest BCUT2D eigenvalue weighted by molar-refractivity contribution is 6.42. The number of halogens is 2. The Labute approximate surface area is 164 Å². The molecule has 0 atom stereocenters. The third kappa shape index (κ3) is 5.35. The molecule has 2 fully saturated rings. The van der Waals surface area contributed by atoms with Crippen LogP contribution in [0.15, 0.2) is 18.2 Å². The van der Waals surface area contributed by atoms with Gasteiger partial charge in [-0.05, 0) is 57.0 Å². The van der Waals surface area contributed by atoms with Gasteiger partial charge in [0.15, 0.2) is 0 Å². The monoisotopic (exact) mass is 397 g/mol. The molecule has 2 amide bonds. The number of amides is 2. The van der Waals surface area contributed by atoms with E-state index in [4.69, 9.17) is 23.2 Å². The number of piperidine rings is 1. The van der Waals surface area contributed by atoms with Crippen LogP contribution in [0.5, 0.6) is 0 Å². The van der Waals surface area contributed by atoms with Gasteiger partial charge >= 0.3 is 0 Å². The Balaban J connectivity index is 1.40. The Morgan fingerprint density at radius 1 is 1.04 bits per heavy atom. The quantitative estimate of drug-likeness (QED) is 0.795. The number of nitrogens with zero attached hydrogens (tertiary/aromatic N) is 1. The second-order valence-corrected chi connectivity index (χ2v) is 8.03. The molecule has 26 heavy (non-hydrogen) atoms. The molecule has 1 saturated carbocycles. The van der Waals surface area contributed by atoms with Crippen LogP contribution in [0.25, 0.3) is 0 Å². The van der Waals surface area contributed by atoms with Crippen LogP contribution in [-0.4, -0.2) is 42.4 Å². The molecular formula is C19H25Cl2N3O2. The van der Waals surface area contributed by atoms with E-state index in [9.17, 15) is 9.59 Å². The summed E-state index contributed by atoms with van der Waals surface area (Å²) in [5, 5.41) is 6.90. The molecule has 7 heteroatoms. The molecule has 0 spiro atoms. The highest BCUT2D eigenvalue weighted by Gasteiger charge is 2.28. The molecule has 0 aromatic heterocycles. The third-order valence-corrected chi connectivity index (χ3v) is 5.97. The fourth-order valence-corrected chi connectivity index (χ4v) is 4.02. The highest BCUT2D eigenvalue weighted by atomic mass is 35.5. The maximum atomic E-state index is 12.4. The fraction of sp³-hybridized carbons (Fsp3) is 0.579. The topological polar surface area (TPSA) is 61.4 Å². The summed E-state index contributed by atoms with van der Waals surface area (Å²) in [5.74, 6) is 0.180. The fourth-order valence-electron chi connectivity index (χ4n) is 3.72. The number of rotatable bonds is 5. The first kappa shape index (κ1) is 19.5. The van der Waals surface area contributed by atoms with Crippen molar-refractivity contribution in [2.24, 2.45) is 5.92 Å². The van der Waals surface area contributed by atoms with E-state index >= 15 is 0 Å². The Morgan fingerprint density at radius 3 is 2.38 bits per heavy atom. The molecule has 1 aliphatic heterocycles. The van der Waals surface area contributed by atoms with Gasteiger partial charge in [-0.1, -0.05) is 36.0 Å². The summed E-state index contributed by atoms with van der Waals surface area (Å²) in [6.45, 7) is 1.84. The number of hydrogen-bond acceptors (Lipinski definition) is 3. The van der Waals surface area contributed by atoms with Crippen molar-refractivity contribution < 1.29 is 9.59 Å². The van der Waals surface area contributed by atoms with E-state index in [2.05, 4.69) is 15.5 Å². The van der Waals surface area contributed by atoms with Gasteiger partial charge in [0.25, 0.3) is 0 Å². The van der Waals surface area contributed by atoms with Crippen LogP contribution in [0.3, 0.4) is 0 Å². The second-order valence-electron chi connectivity index (χ2n) is 7.22. The molecule has 1 aromatic carbocycles. The SMILES string of the molecule is O=C(CN1CCC(C(=O)NC2CCCC2)CC1)Nc1ccc(Cl)c(Cl)c1. The van der Waals surface area contributed by atoms with Gasteiger partial charge in [0.1, 0.15) is 0 Å². The van der Waals surface area contributed by atoms with Crippen molar-refractivity contribution in [1.29, 1.82) is 0 Å². The zero-order chi connectivity index (χ0) is 18.5. The number of benzene rings is 1. The molecule has 1 aromatic rings. The number of carbonyl (C=O) groups is 2. The zero-order valence-corrected chi connectivity index (χ0v) is 16.3. The lowest BCUT2D eigenvalue weighted by atomic mass is 9.95. The molecule has 3 rings (SSSR count). The molecule has 1 saturated heterocycles. The maximum Gasteiger partial charge on any atom is 0.238 e. The van der Waals surface area contributed by atoms with E-state index in [-0.39, 0.29) is 17.7 Å². The van der Waals surface area contributed by atoms with E-state index in [0.717, 1.165) is 38.8 Å². The summed E-state index contributed by atoms with van der Waals surface area (Å²) in [7, 11) is 0. The maximum absolute atomic E-state index is 12.4. The summed E-state index contributed by atoms with van der Waals surface area (Å²) < 4.78 is 0. The minimum atomic E-state index is -0.0859. The molecule has 142 valence electrons. The van der Waals surface area contributed by atoms with Crippen LogP contribution in [0, 0.1) is 5.92 Å². The standard InChI is InChI=1S/C19H25Cl2N3O2/c20-16-6-5-15(11-17(16)21)22-18(25)12-24-9-7-13(8-10-24)19(26)23-14-3-1-2-4-14/h5-6,11,13-14H,1-4,7-10,12H2,(H,22,25)(H,23,26).